The molecule has 1 aromatic carbocycles. The standard InChI is InChI=1S/C15H13N5O2/c16-8-13-14(11-4-2-6-17-9-11)20(19-18-13)12-5-1-3-10(7-12)15(21)22/h1-7,9H,8,16H2,(H,21,22). The van der Waals surface area contributed by atoms with Crippen LogP contribution in [0.25, 0.3) is 16.9 Å². The maximum absolute atomic E-state index is 11.1. The zero-order chi connectivity index (χ0) is 15.5. The molecule has 3 aromatic rings. The molecule has 0 aliphatic rings. The number of carboxylic acids is 1. The summed E-state index contributed by atoms with van der Waals surface area (Å²) >= 11 is 0. The normalized spacial score (nSPS) is 10.6. The maximum atomic E-state index is 11.1. The van der Waals surface area contributed by atoms with E-state index < -0.39 is 5.97 Å². The van der Waals surface area contributed by atoms with Crippen LogP contribution in [0.3, 0.4) is 0 Å². The molecule has 0 amide bonds. The number of rotatable bonds is 4. The molecule has 7 heteroatoms. The Morgan fingerprint density at radius 3 is 2.82 bits per heavy atom. The fraction of sp³-hybridized carbons (Fsp3) is 0.0667. The van der Waals surface area contributed by atoms with Crippen molar-refractivity contribution in [2.45, 2.75) is 6.54 Å². The molecule has 0 aliphatic heterocycles. The number of hydrogen-bond acceptors (Lipinski definition) is 5. The summed E-state index contributed by atoms with van der Waals surface area (Å²) < 4.78 is 1.58. The number of nitrogens with zero attached hydrogens (tertiary/aromatic N) is 4. The van der Waals surface area contributed by atoms with Gasteiger partial charge in [0.1, 0.15) is 11.4 Å². The molecule has 110 valence electrons. The minimum Gasteiger partial charge on any atom is -0.478 e. The molecule has 3 N–H and O–H groups in total. The molecule has 0 saturated carbocycles. The molecule has 2 aromatic heterocycles. The first-order chi connectivity index (χ1) is 10.7. The van der Waals surface area contributed by atoms with E-state index in [1.54, 1.807) is 35.3 Å². The summed E-state index contributed by atoms with van der Waals surface area (Å²) in [6.07, 6.45) is 3.36. The highest BCUT2D eigenvalue weighted by Crippen LogP contribution is 2.24. The van der Waals surface area contributed by atoms with Crippen LogP contribution in [0.2, 0.25) is 0 Å². The third-order valence-corrected chi connectivity index (χ3v) is 3.21. The molecule has 3 rings (SSSR count). The lowest BCUT2D eigenvalue weighted by molar-refractivity contribution is 0.0697. The summed E-state index contributed by atoms with van der Waals surface area (Å²) in [6.45, 7) is 0.225. The smallest absolute Gasteiger partial charge is 0.335 e. The summed E-state index contributed by atoms with van der Waals surface area (Å²) in [7, 11) is 0. The average Bonchev–Trinajstić information content (AvgIpc) is 2.99. The van der Waals surface area contributed by atoms with Gasteiger partial charge in [-0.2, -0.15) is 0 Å². The predicted molar refractivity (Wildman–Crippen MR) is 79.4 cm³/mol. The first kappa shape index (κ1) is 13.9. The first-order valence-corrected chi connectivity index (χ1v) is 6.59. The summed E-state index contributed by atoms with van der Waals surface area (Å²) in [5.74, 6) is -0.996. The van der Waals surface area contributed by atoms with Crippen LogP contribution in [-0.4, -0.2) is 31.1 Å². The Morgan fingerprint density at radius 2 is 2.14 bits per heavy atom. The third kappa shape index (κ3) is 2.45. The number of benzene rings is 1. The summed E-state index contributed by atoms with van der Waals surface area (Å²) in [4.78, 5) is 15.2. The van der Waals surface area contributed by atoms with E-state index in [1.807, 2.05) is 6.07 Å². The molecule has 0 saturated heterocycles. The highest BCUT2D eigenvalue weighted by molar-refractivity contribution is 5.88. The fourth-order valence-corrected chi connectivity index (χ4v) is 2.19. The summed E-state index contributed by atoms with van der Waals surface area (Å²) in [6, 6.07) is 10.2. The second-order valence-electron chi connectivity index (χ2n) is 4.60. The molecule has 22 heavy (non-hydrogen) atoms. The maximum Gasteiger partial charge on any atom is 0.335 e. The monoisotopic (exact) mass is 295 g/mol. The largest absolute Gasteiger partial charge is 0.478 e. The van der Waals surface area contributed by atoms with E-state index in [0.29, 0.717) is 17.1 Å². The molecule has 2 heterocycles. The topological polar surface area (TPSA) is 107 Å². The highest BCUT2D eigenvalue weighted by Gasteiger charge is 2.16. The molecule has 0 unspecified atom stereocenters. The van der Waals surface area contributed by atoms with Crippen molar-refractivity contribution in [2.24, 2.45) is 5.73 Å². The van der Waals surface area contributed by atoms with Gasteiger partial charge in [0.25, 0.3) is 0 Å². The van der Waals surface area contributed by atoms with Gasteiger partial charge in [-0.05, 0) is 30.3 Å². The zero-order valence-corrected chi connectivity index (χ0v) is 11.5. The van der Waals surface area contributed by atoms with E-state index in [9.17, 15) is 4.79 Å². The average molecular weight is 295 g/mol. The molecule has 7 nitrogen and oxygen atoms in total. The van der Waals surface area contributed by atoms with Gasteiger partial charge in [0.15, 0.2) is 0 Å². The highest BCUT2D eigenvalue weighted by atomic mass is 16.4. The molecule has 0 fully saturated rings. The number of carboxylic acid groups (broad SMARTS) is 1. The van der Waals surface area contributed by atoms with E-state index in [2.05, 4.69) is 15.3 Å². The van der Waals surface area contributed by atoms with Gasteiger partial charge in [-0.1, -0.05) is 11.3 Å². The molecule has 0 spiro atoms. The van der Waals surface area contributed by atoms with Crippen LogP contribution in [0.5, 0.6) is 0 Å². The molecule has 0 bridgehead atoms. The summed E-state index contributed by atoms with van der Waals surface area (Å²) in [5, 5.41) is 17.3. The van der Waals surface area contributed by atoms with Crippen LogP contribution in [0.1, 0.15) is 16.1 Å². The second kappa shape index (κ2) is 5.74. The number of nitrogens with two attached hydrogens (primary N) is 1. The Morgan fingerprint density at radius 1 is 1.27 bits per heavy atom. The van der Waals surface area contributed by atoms with Crippen LogP contribution < -0.4 is 5.73 Å². The molecular formula is C15H13N5O2. The third-order valence-electron chi connectivity index (χ3n) is 3.21. The van der Waals surface area contributed by atoms with Gasteiger partial charge in [0.05, 0.1) is 11.3 Å². The van der Waals surface area contributed by atoms with Crippen LogP contribution in [-0.2, 0) is 6.54 Å². The van der Waals surface area contributed by atoms with Gasteiger partial charge in [-0.15, -0.1) is 5.10 Å². The van der Waals surface area contributed by atoms with Crippen LogP contribution in [0.4, 0.5) is 0 Å². The Labute approximate surface area is 126 Å². The van der Waals surface area contributed by atoms with Gasteiger partial charge in [0.2, 0.25) is 0 Å². The second-order valence-corrected chi connectivity index (χ2v) is 4.60. The van der Waals surface area contributed by atoms with Crippen molar-refractivity contribution in [1.29, 1.82) is 0 Å². The van der Waals surface area contributed by atoms with Gasteiger partial charge >= 0.3 is 5.97 Å². The number of carbonyl (C=O) groups is 1. The van der Waals surface area contributed by atoms with E-state index in [0.717, 1.165) is 5.56 Å². The Balaban J connectivity index is 2.18. The summed E-state index contributed by atoms with van der Waals surface area (Å²) in [5.41, 5.74) is 8.65. The first-order valence-electron chi connectivity index (χ1n) is 6.59. The number of pyridine rings is 1. The lowest BCUT2D eigenvalue weighted by Gasteiger charge is -2.08. The van der Waals surface area contributed by atoms with E-state index in [1.165, 1.54) is 12.1 Å². The molecule has 0 aliphatic carbocycles. The quantitative estimate of drug-likeness (QED) is 0.755. The van der Waals surface area contributed by atoms with Crippen molar-refractivity contribution in [2.75, 3.05) is 0 Å². The van der Waals surface area contributed by atoms with Crippen molar-refractivity contribution in [3.63, 3.8) is 0 Å². The SMILES string of the molecule is NCc1nnn(-c2cccc(C(=O)O)c2)c1-c1cccnc1. The number of aromatic nitrogens is 4. The van der Waals surface area contributed by atoms with E-state index >= 15 is 0 Å². The van der Waals surface area contributed by atoms with E-state index in [-0.39, 0.29) is 12.1 Å². The zero-order valence-electron chi connectivity index (χ0n) is 11.5. The lowest BCUT2D eigenvalue weighted by atomic mass is 10.1. The van der Waals surface area contributed by atoms with Gasteiger partial charge in [-0.3, -0.25) is 4.98 Å². The minimum absolute atomic E-state index is 0.180. The van der Waals surface area contributed by atoms with Crippen LogP contribution >= 0.6 is 0 Å². The minimum atomic E-state index is -0.996. The van der Waals surface area contributed by atoms with Crippen molar-refractivity contribution < 1.29 is 9.90 Å². The Hall–Kier alpha value is -3.06. The number of aromatic carboxylic acids is 1. The van der Waals surface area contributed by atoms with Crippen molar-refractivity contribution in [3.05, 3.63) is 60.0 Å². The predicted octanol–water partition coefficient (Wildman–Crippen LogP) is 1.49. The van der Waals surface area contributed by atoms with Gasteiger partial charge in [0, 0.05) is 24.5 Å². The fourth-order valence-electron chi connectivity index (χ4n) is 2.19. The Bertz CT molecular complexity index is 814. The Kier molecular flexibility index (Phi) is 3.63. The van der Waals surface area contributed by atoms with Gasteiger partial charge in [-0.25, -0.2) is 9.48 Å². The lowest BCUT2D eigenvalue weighted by Crippen LogP contribution is -2.04. The van der Waals surface area contributed by atoms with Crippen molar-refractivity contribution >= 4 is 5.97 Å². The molecular weight excluding hydrogens is 282 g/mol. The van der Waals surface area contributed by atoms with Crippen molar-refractivity contribution in [1.82, 2.24) is 20.0 Å². The van der Waals surface area contributed by atoms with Crippen LogP contribution in [0, 0.1) is 0 Å². The van der Waals surface area contributed by atoms with Crippen molar-refractivity contribution in [3.8, 4) is 16.9 Å². The van der Waals surface area contributed by atoms with Gasteiger partial charge < -0.3 is 10.8 Å². The van der Waals surface area contributed by atoms with E-state index in [4.69, 9.17) is 10.8 Å². The van der Waals surface area contributed by atoms with Crippen LogP contribution in [0.15, 0.2) is 48.8 Å². The number of hydrogen-bond donors (Lipinski definition) is 2. The molecule has 0 radical (unpaired) electrons. The molecule has 0 atom stereocenters.